The molecular weight excluding hydrogens is 294 g/mol. The van der Waals surface area contributed by atoms with E-state index in [-0.39, 0.29) is 0 Å². The normalized spacial score (nSPS) is 11.1. The fourth-order valence-electron chi connectivity index (χ4n) is 3.02. The standard InChI is InChI=1S/C21H19N3/c1-14-3-5-16(6-4-14)17-7-9-19(15(2)11-17)20-13-24-12-18(22)8-10-21(24)23-20/h3-13H,22H2,1-2H3. The summed E-state index contributed by atoms with van der Waals surface area (Å²) in [5.74, 6) is 0. The molecule has 0 saturated heterocycles. The average molecular weight is 313 g/mol. The molecule has 0 atom stereocenters. The molecule has 0 unspecified atom stereocenters. The first-order chi connectivity index (χ1) is 11.6. The summed E-state index contributed by atoms with van der Waals surface area (Å²) in [6.45, 7) is 4.24. The highest BCUT2D eigenvalue weighted by atomic mass is 15.0. The monoisotopic (exact) mass is 313 g/mol. The van der Waals surface area contributed by atoms with Crippen LogP contribution in [0.15, 0.2) is 67.0 Å². The van der Waals surface area contributed by atoms with E-state index in [0.717, 1.165) is 22.6 Å². The Morgan fingerprint density at radius 2 is 1.58 bits per heavy atom. The zero-order valence-electron chi connectivity index (χ0n) is 13.8. The largest absolute Gasteiger partial charge is 0.398 e. The van der Waals surface area contributed by atoms with Gasteiger partial charge in [0, 0.05) is 23.6 Å². The summed E-state index contributed by atoms with van der Waals surface area (Å²) in [6.07, 6.45) is 3.92. The molecule has 4 rings (SSSR count). The molecule has 3 heteroatoms. The number of nitrogen functional groups attached to an aromatic ring is 1. The smallest absolute Gasteiger partial charge is 0.137 e. The van der Waals surface area contributed by atoms with Crippen molar-refractivity contribution in [2.24, 2.45) is 0 Å². The van der Waals surface area contributed by atoms with Crippen molar-refractivity contribution in [1.82, 2.24) is 9.38 Å². The molecule has 0 aliphatic carbocycles. The van der Waals surface area contributed by atoms with Crippen LogP contribution in [0, 0.1) is 13.8 Å². The molecule has 0 aliphatic rings. The third-order valence-corrected chi connectivity index (χ3v) is 4.36. The van der Waals surface area contributed by atoms with Gasteiger partial charge in [-0.15, -0.1) is 0 Å². The maximum absolute atomic E-state index is 5.85. The van der Waals surface area contributed by atoms with Crippen molar-refractivity contribution < 1.29 is 0 Å². The third kappa shape index (κ3) is 2.54. The summed E-state index contributed by atoms with van der Waals surface area (Å²) in [5, 5.41) is 0. The van der Waals surface area contributed by atoms with Crippen LogP contribution in [0.1, 0.15) is 11.1 Å². The van der Waals surface area contributed by atoms with Crippen LogP contribution in [0.2, 0.25) is 0 Å². The van der Waals surface area contributed by atoms with E-state index in [1.807, 2.05) is 28.9 Å². The number of pyridine rings is 1. The quantitative estimate of drug-likeness (QED) is 0.574. The molecule has 2 aromatic heterocycles. The molecule has 0 saturated carbocycles. The number of anilines is 1. The Labute approximate surface area is 141 Å². The first kappa shape index (κ1) is 14.5. The second-order valence-corrected chi connectivity index (χ2v) is 6.25. The van der Waals surface area contributed by atoms with Gasteiger partial charge in [0.25, 0.3) is 0 Å². The van der Waals surface area contributed by atoms with Gasteiger partial charge < -0.3 is 10.1 Å². The molecule has 0 aliphatic heterocycles. The number of imidazole rings is 1. The minimum Gasteiger partial charge on any atom is -0.398 e. The average Bonchev–Trinajstić information content (AvgIpc) is 2.98. The number of hydrogen-bond acceptors (Lipinski definition) is 2. The fraction of sp³-hybridized carbons (Fsp3) is 0.0952. The molecule has 2 aromatic carbocycles. The number of fused-ring (bicyclic) bond motifs is 1. The Hall–Kier alpha value is -3.07. The van der Waals surface area contributed by atoms with Crippen molar-refractivity contribution in [1.29, 1.82) is 0 Å². The van der Waals surface area contributed by atoms with Gasteiger partial charge in [-0.3, -0.25) is 0 Å². The van der Waals surface area contributed by atoms with E-state index in [1.54, 1.807) is 0 Å². The topological polar surface area (TPSA) is 43.3 Å². The van der Waals surface area contributed by atoms with Crippen molar-refractivity contribution in [3.63, 3.8) is 0 Å². The summed E-state index contributed by atoms with van der Waals surface area (Å²) in [4.78, 5) is 4.71. The zero-order valence-corrected chi connectivity index (χ0v) is 13.8. The number of nitrogens with two attached hydrogens (primary N) is 1. The second kappa shape index (κ2) is 5.53. The van der Waals surface area contributed by atoms with Crippen molar-refractivity contribution in [3.05, 3.63) is 78.1 Å². The van der Waals surface area contributed by atoms with E-state index in [1.165, 1.54) is 22.3 Å². The molecular formula is C21H19N3. The van der Waals surface area contributed by atoms with Gasteiger partial charge in [0.2, 0.25) is 0 Å². The van der Waals surface area contributed by atoms with E-state index in [0.29, 0.717) is 0 Å². The Morgan fingerprint density at radius 1 is 0.833 bits per heavy atom. The predicted molar refractivity (Wildman–Crippen MR) is 100.0 cm³/mol. The van der Waals surface area contributed by atoms with Crippen LogP contribution in [0.4, 0.5) is 5.69 Å². The van der Waals surface area contributed by atoms with E-state index >= 15 is 0 Å². The van der Waals surface area contributed by atoms with Crippen molar-refractivity contribution in [2.75, 3.05) is 5.73 Å². The predicted octanol–water partition coefficient (Wildman–Crippen LogP) is 4.87. The number of hydrogen-bond donors (Lipinski definition) is 1. The molecule has 118 valence electrons. The lowest BCUT2D eigenvalue weighted by Crippen LogP contribution is -1.88. The molecule has 0 bridgehead atoms. The number of aromatic nitrogens is 2. The first-order valence-electron chi connectivity index (χ1n) is 8.02. The first-order valence-corrected chi connectivity index (χ1v) is 8.02. The fourth-order valence-corrected chi connectivity index (χ4v) is 3.02. The van der Waals surface area contributed by atoms with E-state index in [9.17, 15) is 0 Å². The number of rotatable bonds is 2. The minimum absolute atomic E-state index is 0.734. The molecule has 4 aromatic rings. The number of benzene rings is 2. The van der Waals surface area contributed by atoms with Gasteiger partial charge in [0.05, 0.1) is 5.69 Å². The van der Waals surface area contributed by atoms with Gasteiger partial charge in [0.15, 0.2) is 0 Å². The highest BCUT2D eigenvalue weighted by molar-refractivity contribution is 5.73. The molecule has 2 heterocycles. The van der Waals surface area contributed by atoms with Gasteiger partial charge in [-0.25, -0.2) is 4.98 Å². The van der Waals surface area contributed by atoms with Crippen LogP contribution in [0.3, 0.4) is 0 Å². The van der Waals surface area contributed by atoms with Crippen LogP contribution < -0.4 is 5.73 Å². The third-order valence-electron chi connectivity index (χ3n) is 4.36. The Morgan fingerprint density at radius 3 is 2.33 bits per heavy atom. The molecule has 2 N–H and O–H groups in total. The lowest BCUT2D eigenvalue weighted by molar-refractivity contribution is 1.19. The van der Waals surface area contributed by atoms with Crippen LogP contribution in [0.5, 0.6) is 0 Å². The van der Waals surface area contributed by atoms with Gasteiger partial charge in [-0.2, -0.15) is 0 Å². The maximum atomic E-state index is 5.85. The minimum atomic E-state index is 0.734. The Balaban J connectivity index is 1.76. The lowest BCUT2D eigenvalue weighted by Gasteiger charge is -2.07. The molecule has 0 amide bonds. The molecule has 24 heavy (non-hydrogen) atoms. The van der Waals surface area contributed by atoms with Gasteiger partial charge >= 0.3 is 0 Å². The number of aryl methyl sites for hydroxylation is 2. The molecule has 0 fully saturated rings. The highest BCUT2D eigenvalue weighted by Crippen LogP contribution is 2.28. The zero-order chi connectivity index (χ0) is 16.7. The van der Waals surface area contributed by atoms with Crippen LogP contribution in [-0.2, 0) is 0 Å². The lowest BCUT2D eigenvalue weighted by atomic mass is 9.98. The van der Waals surface area contributed by atoms with Gasteiger partial charge in [0.1, 0.15) is 5.65 Å². The van der Waals surface area contributed by atoms with Crippen LogP contribution in [-0.4, -0.2) is 9.38 Å². The van der Waals surface area contributed by atoms with Crippen LogP contribution in [0.25, 0.3) is 28.0 Å². The van der Waals surface area contributed by atoms with Crippen molar-refractivity contribution in [3.8, 4) is 22.4 Å². The van der Waals surface area contributed by atoms with Crippen LogP contribution >= 0.6 is 0 Å². The summed E-state index contributed by atoms with van der Waals surface area (Å²) in [7, 11) is 0. The van der Waals surface area contributed by atoms with Crippen molar-refractivity contribution >= 4 is 11.3 Å². The van der Waals surface area contributed by atoms with Crippen molar-refractivity contribution in [2.45, 2.75) is 13.8 Å². The maximum Gasteiger partial charge on any atom is 0.137 e. The van der Waals surface area contributed by atoms with E-state index in [2.05, 4.69) is 56.3 Å². The summed E-state index contributed by atoms with van der Waals surface area (Å²) < 4.78 is 1.97. The SMILES string of the molecule is Cc1ccc(-c2ccc(-c3cn4cc(N)ccc4n3)c(C)c2)cc1. The summed E-state index contributed by atoms with van der Waals surface area (Å²) in [5.41, 5.74) is 14.5. The van der Waals surface area contributed by atoms with Gasteiger partial charge in [-0.05, 0) is 42.7 Å². The summed E-state index contributed by atoms with van der Waals surface area (Å²) in [6, 6.07) is 19.0. The Kier molecular flexibility index (Phi) is 3.35. The highest BCUT2D eigenvalue weighted by Gasteiger charge is 2.09. The molecule has 3 nitrogen and oxygen atoms in total. The van der Waals surface area contributed by atoms with E-state index < -0.39 is 0 Å². The second-order valence-electron chi connectivity index (χ2n) is 6.25. The molecule has 0 spiro atoms. The summed E-state index contributed by atoms with van der Waals surface area (Å²) >= 11 is 0. The number of nitrogens with zero attached hydrogens (tertiary/aromatic N) is 2. The van der Waals surface area contributed by atoms with E-state index in [4.69, 9.17) is 10.7 Å². The molecule has 0 radical (unpaired) electrons. The van der Waals surface area contributed by atoms with Gasteiger partial charge in [-0.1, -0.05) is 48.0 Å². The Bertz CT molecular complexity index is 1030.